The van der Waals surface area contributed by atoms with Crippen LogP contribution in [0.4, 0.5) is 0 Å². The van der Waals surface area contributed by atoms with Crippen LogP contribution in [0, 0.1) is 6.92 Å². The Hall–Kier alpha value is -3.54. The number of carboxylic acid groups (broad SMARTS) is 1. The van der Waals surface area contributed by atoms with Crippen molar-refractivity contribution in [2.75, 3.05) is 5.43 Å². The first-order valence-electron chi connectivity index (χ1n) is 8.54. The van der Waals surface area contributed by atoms with Gasteiger partial charge < -0.3 is 10.2 Å². The number of hydrogen-bond acceptors (Lipinski definition) is 3. The predicted octanol–water partition coefficient (Wildman–Crippen LogP) is 3.57. The minimum absolute atomic E-state index is 0.0518. The van der Waals surface area contributed by atoms with Gasteiger partial charge in [-0.25, -0.2) is 0 Å². The fraction of sp³-hybridized carbons (Fsp3) is 0.143. The number of carbonyl (C=O) groups excluding carboxylic acids is 1. The zero-order valence-corrected chi connectivity index (χ0v) is 14.8. The molecule has 0 atom stereocenters. The molecule has 0 bridgehead atoms. The number of aromatic hydroxyl groups is 1. The fourth-order valence-corrected chi connectivity index (χ4v) is 2.82. The molecular formula is C21H20N2O4. The van der Waals surface area contributed by atoms with Crippen LogP contribution in [0.25, 0.3) is 11.3 Å². The second-order valence-electron chi connectivity index (χ2n) is 6.26. The molecule has 1 aromatic heterocycles. The van der Waals surface area contributed by atoms with Gasteiger partial charge in [-0.2, -0.15) is 0 Å². The maximum Gasteiger partial charge on any atom is 0.303 e. The topological polar surface area (TPSA) is 91.6 Å². The number of aryl methyl sites for hydroxylation is 2. The molecule has 2 aromatic carbocycles. The van der Waals surface area contributed by atoms with Crippen LogP contribution >= 0.6 is 0 Å². The molecule has 0 saturated carbocycles. The second kappa shape index (κ2) is 7.78. The number of hydrogen-bond donors (Lipinski definition) is 3. The third-order valence-electron chi connectivity index (χ3n) is 4.27. The number of benzene rings is 2. The van der Waals surface area contributed by atoms with Crippen molar-refractivity contribution in [1.29, 1.82) is 0 Å². The number of aliphatic carboxylic acids is 1. The molecule has 6 nitrogen and oxygen atoms in total. The van der Waals surface area contributed by atoms with Gasteiger partial charge in [-0.3, -0.25) is 19.7 Å². The lowest BCUT2D eigenvalue weighted by molar-refractivity contribution is -0.136. The first kappa shape index (κ1) is 18.3. The normalized spacial score (nSPS) is 10.6. The van der Waals surface area contributed by atoms with Gasteiger partial charge in [0.25, 0.3) is 5.91 Å². The Kier molecular flexibility index (Phi) is 5.26. The van der Waals surface area contributed by atoms with Crippen molar-refractivity contribution in [1.82, 2.24) is 4.68 Å². The van der Waals surface area contributed by atoms with Gasteiger partial charge in [0.15, 0.2) is 0 Å². The summed E-state index contributed by atoms with van der Waals surface area (Å²) in [7, 11) is 0. The molecule has 0 aliphatic heterocycles. The van der Waals surface area contributed by atoms with Crippen molar-refractivity contribution in [2.45, 2.75) is 19.8 Å². The van der Waals surface area contributed by atoms with E-state index in [9.17, 15) is 14.7 Å². The van der Waals surface area contributed by atoms with Gasteiger partial charge in [-0.15, -0.1) is 0 Å². The Bertz CT molecular complexity index is 974. The van der Waals surface area contributed by atoms with Gasteiger partial charge in [0.1, 0.15) is 5.75 Å². The zero-order chi connectivity index (χ0) is 19.4. The first-order chi connectivity index (χ1) is 13.0. The number of amides is 1. The highest BCUT2D eigenvalue weighted by atomic mass is 16.4. The van der Waals surface area contributed by atoms with E-state index in [0.717, 1.165) is 16.8 Å². The van der Waals surface area contributed by atoms with Crippen molar-refractivity contribution in [2.24, 2.45) is 0 Å². The van der Waals surface area contributed by atoms with Crippen molar-refractivity contribution in [3.8, 4) is 17.0 Å². The highest BCUT2D eigenvalue weighted by Gasteiger charge is 2.16. The minimum Gasteiger partial charge on any atom is -0.507 e. The maximum absolute atomic E-state index is 12.7. The van der Waals surface area contributed by atoms with E-state index in [1.807, 2.05) is 37.3 Å². The molecule has 0 spiro atoms. The third kappa shape index (κ3) is 4.17. The molecule has 0 aliphatic rings. The molecule has 6 heteroatoms. The highest BCUT2D eigenvalue weighted by molar-refractivity contribution is 6.02. The molecule has 1 amide bonds. The van der Waals surface area contributed by atoms with Crippen molar-refractivity contribution < 1.29 is 19.8 Å². The van der Waals surface area contributed by atoms with Gasteiger partial charge in [-0.05, 0) is 31.2 Å². The van der Waals surface area contributed by atoms with Crippen LogP contribution in [-0.4, -0.2) is 26.8 Å². The maximum atomic E-state index is 12.7. The number of phenols is 1. The number of rotatable bonds is 6. The molecule has 27 heavy (non-hydrogen) atoms. The van der Waals surface area contributed by atoms with Gasteiger partial charge in [0.05, 0.1) is 17.7 Å². The minimum atomic E-state index is -0.910. The van der Waals surface area contributed by atoms with E-state index >= 15 is 0 Å². The predicted molar refractivity (Wildman–Crippen MR) is 102 cm³/mol. The van der Waals surface area contributed by atoms with E-state index in [1.165, 1.54) is 12.1 Å². The van der Waals surface area contributed by atoms with Gasteiger partial charge >= 0.3 is 5.97 Å². The number of nitrogens with one attached hydrogen (secondary N) is 1. The van der Waals surface area contributed by atoms with Gasteiger partial charge in [0, 0.05) is 17.7 Å². The SMILES string of the molecule is Cc1ccc(-c2ccc(CCC(=O)O)n2NC(=O)c2ccccc2O)cc1. The Labute approximate surface area is 156 Å². The largest absolute Gasteiger partial charge is 0.507 e. The lowest BCUT2D eigenvalue weighted by Crippen LogP contribution is -2.25. The Morgan fingerprint density at radius 2 is 1.70 bits per heavy atom. The Morgan fingerprint density at radius 1 is 1.00 bits per heavy atom. The molecule has 0 radical (unpaired) electrons. The highest BCUT2D eigenvalue weighted by Crippen LogP contribution is 2.24. The van der Waals surface area contributed by atoms with Gasteiger partial charge in [0.2, 0.25) is 0 Å². The fourth-order valence-electron chi connectivity index (χ4n) is 2.82. The van der Waals surface area contributed by atoms with E-state index < -0.39 is 11.9 Å². The summed E-state index contributed by atoms with van der Waals surface area (Å²) in [5, 5.41) is 18.9. The zero-order valence-electron chi connectivity index (χ0n) is 14.8. The summed E-state index contributed by atoms with van der Waals surface area (Å²) in [5.41, 5.74) is 6.32. The number of phenolic OH excluding ortho intramolecular Hbond substituents is 1. The van der Waals surface area contributed by atoms with E-state index in [4.69, 9.17) is 5.11 Å². The van der Waals surface area contributed by atoms with E-state index in [2.05, 4.69) is 5.43 Å². The Morgan fingerprint density at radius 3 is 2.37 bits per heavy atom. The molecule has 3 aromatic rings. The average molecular weight is 364 g/mol. The molecule has 0 saturated heterocycles. The summed E-state index contributed by atoms with van der Waals surface area (Å²) in [6, 6.07) is 17.7. The average Bonchev–Trinajstić information content (AvgIpc) is 3.03. The summed E-state index contributed by atoms with van der Waals surface area (Å²) in [6.07, 6.45) is 0.214. The van der Waals surface area contributed by atoms with Crippen LogP contribution in [0.2, 0.25) is 0 Å². The Balaban J connectivity index is 1.98. The number of nitrogens with zero attached hydrogens (tertiary/aromatic N) is 1. The van der Waals surface area contributed by atoms with E-state index in [0.29, 0.717) is 5.69 Å². The summed E-state index contributed by atoms with van der Waals surface area (Å²) < 4.78 is 1.59. The first-order valence-corrected chi connectivity index (χ1v) is 8.54. The monoisotopic (exact) mass is 364 g/mol. The molecule has 3 N–H and O–H groups in total. The quantitative estimate of drug-likeness (QED) is 0.623. The molecule has 0 aliphatic carbocycles. The molecule has 0 unspecified atom stereocenters. The van der Waals surface area contributed by atoms with Crippen LogP contribution in [-0.2, 0) is 11.2 Å². The van der Waals surface area contributed by atoms with Crippen molar-refractivity contribution in [3.05, 3.63) is 77.5 Å². The summed E-state index contributed by atoms with van der Waals surface area (Å²) in [5.74, 6) is -1.51. The lowest BCUT2D eigenvalue weighted by atomic mass is 10.1. The van der Waals surface area contributed by atoms with Crippen LogP contribution in [0.15, 0.2) is 60.7 Å². The van der Waals surface area contributed by atoms with E-state index in [1.54, 1.807) is 22.9 Å². The summed E-state index contributed by atoms with van der Waals surface area (Å²) in [6.45, 7) is 1.99. The third-order valence-corrected chi connectivity index (χ3v) is 4.27. The van der Waals surface area contributed by atoms with Crippen molar-refractivity contribution >= 4 is 11.9 Å². The number of carboxylic acids is 1. The molecular weight excluding hydrogens is 344 g/mol. The smallest absolute Gasteiger partial charge is 0.303 e. The number of aromatic nitrogens is 1. The molecule has 0 fully saturated rings. The van der Waals surface area contributed by atoms with Crippen LogP contribution in [0.3, 0.4) is 0 Å². The molecule has 3 rings (SSSR count). The van der Waals surface area contributed by atoms with E-state index in [-0.39, 0.29) is 24.2 Å². The summed E-state index contributed by atoms with van der Waals surface area (Å²) >= 11 is 0. The molecule has 1 heterocycles. The lowest BCUT2D eigenvalue weighted by Gasteiger charge is -2.15. The van der Waals surface area contributed by atoms with Crippen LogP contribution in [0.5, 0.6) is 5.75 Å². The van der Waals surface area contributed by atoms with Crippen LogP contribution in [0.1, 0.15) is 28.0 Å². The van der Waals surface area contributed by atoms with Crippen molar-refractivity contribution in [3.63, 3.8) is 0 Å². The molecule has 138 valence electrons. The second-order valence-corrected chi connectivity index (χ2v) is 6.26. The van der Waals surface area contributed by atoms with Gasteiger partial charge in [-0.1, -0.05) is 42.0 Å². The summed E-state index contributed by atoms with van der Waals surface area (Å²) in [4.78, 5) is 23.6. The van der Waals surface area contributed by atoms with Crippen LogP contribution < -0.4 is 5.43 Å². The number of para-hydroxylation sites is 1. The standard InChI is InChI=1S/C21H20N2O4/c1-14-6-8-15(9-7-14)18-12-10-16(11-13-20(25)26)23(18)22-21(27)17-4-2-3-5-19(17)24/h2-10,12,24H,11,13H2,1H3,(H,22,27)(H,25,26). The number of carbonyl (C=O) groups is 2.